The van der Waals surface area contributed by atoms with Gasteiger partial charge < -0.3 is 14.2 Å². The third-order valence-corrected chi connectivity index (χ3v) is 3.22. The summed E-state index contributed by atoms with van der Waals surface area (Å²) in [6, 6.07) is 1.21. The van der Waals surface area contributed by atoms with Crippen molar-refractivity contribution in [2.45, 2.75) is 18.4 Å². The van der Waals surface area contributed by atoms with E-state index in [4.69, 9.17) is 14.2 Å². The molecule has 0 N–H and O–H groups in total. The van der Waals surface area contributed by atoms with E-state index in [9.17, 15) is 9.18 Å². The van der Waals surface area contributed by atoms with Crippen LogP contribution in [0.5, 0.6) is 17.2 Å². The zero-order valence-electron chi connectivity index (χ0n) is 9.66. The molecule has 1 heterocycles. The number of nitrogens with zero attached hydrogens (tertiary/aromatic N) is 1. The van der Waals surface area contributed by atoms with E-state index >= 15 is 0 Å². The van der Waals surface area contributed by atoms with Gasteiger partial charge in [0.1, 0.15) is 5.54 Å². The van der Waals surface area contributed by atoms with Crippen molar-refractivity contribution in [3.63, 3.8) is 0 Å². The highest BCUT2D eigenvalue weighted by Gasteiger charge is 2.51. The highest BCUT2D eigenvalue weighted by molar-refractivity contribution is 5.61. The number of rotatable bonds is 3. The maximum Gasteiger partial charge on any atom is 0.235 e. The lowest BCUT2D eigenvalue weighted by Gasteiger charge is -2.16. The maximum atomic E-state index is 13.9. The van der Waals surface area contributed by atoms with Crippen molar-refractivity contribution in [1.29, 1.82) is 0 Å². The average molecular weight is 251 g/mol. The molecule has 1 fully saturated rings. The van der Waals surface area contributed by atoms with Gasteiger partial charge in [0.2, 0.25) is 12.9 Å². The van der Waals surface area contributed by atoms with Crippen LogP contribution in [-0.4, -0.2) is 20.0 Å². The largest absolute Gasteiger partial charge is 0.493 e. The van der Waals surface area contributed by atoms with Crippen molar-refractivity contribution in [3.05, 3.63) is 17.4 Å². The molecule has 3 rings (SSSR count). The molecule has 0 amide bonds. The fraction of sp³-hybridized carbons (Fsp3) is 0.417. The molecular formula is C12H10FNO4. The van der Waals surface area contributed by atoms with E-state index in [1.54, 1.807) is 0 Å². The molecule has 0 bridgehead atoms. The molecule has 0 atom stereocenters. The first-order chi connectivity index (χ1) is 8.72. The predicted octanol–water partition coefficient (Wildman–Crippen LogP) is 1.89. The quantitative estimate of drug-likeness (QED) is 0.608. The summed E-state index contributed by atoms with van der Waals surface area (Å²) in [6.45, 7) is 0.0236. The molecule has 1 aromatic carbocycles. The molecule has 1 aliphatic heterocycles. The van der Waals surface area contributed by atoms with E-state index in [1.807, 2.05) is 0 Å². The monoisotopic (exact) mass is 251 g/mol. The highest BCUT2D eigenvalue weighted by atomic mass is 19.1. The lowest BCUT2D eigenvalue weighted by molar-refractivity contribution is 0.172. The van der Waals surface area contributed by atoms with E-state index in [2.05, 4.69) is 4.99 Å². The summed E-state index contributed by atoms with van der Waals surface area (Å²) < 4.78 is 29.5. The van der Waals surface area contributed by atoms with Crippen molar-refractivity contribution >= 4 is 6.08 Å². The Kier molecular flexibility index (Phi) is 2.28. The molecule has 6 heteroatoms. The fourth-order valence-electron chi connectivity index (χ4n) is 2.24. The second-order valence-corrected chi connectivity index (χ2v) is 4.24. The van der Waals surface area contributed by atoms with Gasteiger partial charge in [-0.1, -0.05) is 0 Å². The van der Waals surface area contributed by atoms with Gasteiger partial charge in [-0.2, -0.15) is 4.99 Å². The molecule has 1 aliphatic carbocycles. The Morgan fingerprint density at radius 3 is 2.89 bits per heavy atom. The number of hydrogen-bond acceptors (Lipinski definition) is 5. The second kappa shape index (κ2) is 3.71. The van der Waals surface area contributed by atoms with Gasteiger partial charge in [-0.25, -0.2) is 9.18 Å². The standard InChI is InChI=1S/C12H10FNO4/c1-16-10-7(13)4-8-11(18-6-17-8)9(10)12(2-3-12)14-5-15/h4H,2-3,6H2,1H3. The number of methoxy groups -OCH3 is 1. The lowest BCUT2D eigenvalue weighted by Crippen LogP contribution is -2.08. The number of benzene rings is 1. The van der Waals surface area contributed by atoms with Gasteiger partial charge in [0, 0.05) is 6.07 Å². The van der Waals surface area contributed by atoms with Crippen LogP contribution in [0.15, 0.2) is 11.1 Å². The normalized spacial score (nSPS) is 18.1. The van der Waals surface area contributed by atoms with Crippen LogP contribution in [0.4, 0.5) is 4.39 Å². The van der Waals surface area contributed by atoms with Crippen LogP contribution < -0.4 is 14.2 Å². The van der Waals surface area contributed by atoms with Crippen molar-refractivity contribution in [3.8, 4) is 17.2 Å². The van der Waals surface area contributed by atoms with Crippen LogP contribution >= 0.6 is 0 Å². The molecule has 0 unspecified atom stereocenters. The number of hydrogen-bond donors (Lipinski definition) is 0. The van der Waals surface area contributed by atoms with Gasteiger partial charge in [0.15, 0.2) is 23.1 Å². The van der Waals surface area contributed by atoms with Gasteiger partial charge >= 0.3 is 0 Å². The van der Waals surface area contributed by atoms with Gasteiger partial charge in [0.05, 0.1) is 12.7 Å². The SMILES string of the molecule is COc1c(F)cc2c(c1C1(N=C=O)CC1)OCO2. The minimum Gasteiger partial charge on any atom is -0.493 e. The smallest absolute Gasteiger partial charge is 0.235 e. The summed E-state index contributed by atoms with van der Waals surface area (Å²) >= 11 is 0. The van der Waals surface area contributed by atoms with Crippen LogP contribution in [0.25, 0.3) is 0 Å². The van der Waals surface area contributed by atoms with Crippen molar-refractivity contribution in [2.24, 2.45) is 4.99 Å². The first-order valence-electron chi connectivity index (χ1n) is 5.47. The number of halogens is 1. The van der Waals surface area contributed by atoms with Crippen LogP contribution in [-0.2, 0) is 10.3 Å². The van der Waals surface area contributed by atoms with E-state index in [0.717, 1.165) is 0 Å². The summed E-state index contributed by atoms with van der Waals surface area (Å²) in [4.78, 5) is 14.3. The van der Waals surface area contributed by atoms with Crippen molar-refractivity contribution in [1.82, 2.24) is 0 Å². The first kappa shape index (κ1) is 11.0. The molecular weight excluding hydrogens is 241 g/mol. The Hall–Kier alpha value is -2.07. The molecule has 18 heavy (non-hydrogen) atoms. The molecule has 0 spiro atoms. The molecule has 94 valence electrons. The first-order valence-corrected chi connectivity index (χ1v) is 5.47. The van der Waals surface area contributed by atoms with E-state index in [-0.39, 0.29) is 12.5 Å². The Morgan fingerprint density at radius 2 is 2.28 bits per heavy atom. The molecule has 0 saturated heterocycles. The summed E-state index contributed by atoms with van der Waals surface area (Å²) in [5, 5.41) is 0. The van der Waals surface area contributed by atoms with Crippen molar-refractivity contribution in [2.75, 3.05) is 13.9 Å². The number of isocyanates is 1. The molecule has 1 saturated carbocycles. The fourth-order valence-corrected chi connectivity index (χ4v) is 2.24. The van der Waals surface area contributed by atoms with Gasteiger partial charge in [-0.05, 0) is 12.8 Å². The Morgan fingerprint density at radius 1 is 1.50 bits per heavy atom. The van der Waals surface area contributed by atoms with Crippen LogP contribution in [0.1, 0.15) is 18.4 Å². The Bertz CT molecular complexity index is 558. The van der Waals surface area contributed by atoms with Gasteiger partial charge in [-0.15, -0.1) is 0 Å². The molecule has 0 radical (unpaired) electrons. The van der Waals surface area contributed by atoms with E-state index < -0.39 is 11.4 Å². The second-order valence-electron chi connectivity index (χ2n) is 4.24. The molecule has 0 aromatic heterocycles. The highest BCUT2D eigenvalue weighted by Crippen LogP contribution is 2.58. The summed E-state index contributed by atoms with van der Waals surface area (Å²) in [5.74, 6) is 0.222. The maximum absolute atomic E-state index is 13.9. The summed E-state index contributed by atoms with van der Waals surface area (Å²) in [6.07, 6.45) is 2.81. The summed E-state index contributed by atoms with van der Waals surface area (Å²) in [7, 11) is 1.37. The minimum absolute atomic E-state index is 0.0236. The number of carbonyl (C=O) groups excluding carboxylic acids is 1. The zero-order valence-corrected chi connectivity index (χ0v) is 9.66. The van der Waals surface area contributed by atoms with Crippen LogP contribution in [0.3, 0.4) is 0 Å². The average Bonchev–Trinajstić information content (AvgIpc) is 2.98. The number of fused-ring (bicyclic) bond motifs is 1. The van der Waals surface area contributed by atoms with Gasteiger partial charge in [-0.3, -0.25) is 0 Å². The third kappa shape index (κ3) is 1.39. The van der Waals surface area contributed by atoms with Crippen molar-refractivity contribution < 1.29 is 23.4 Å². The predicted molar refractivity (Wildman–Crippen MR) is 58.1 cm³/mol. The lowest BCUT2D eigenvalue weighted by atomic mass is 10.0. The van der Waals surface area contributed by atoms with Crippen LogP contribution in [0, 0.1) is 5.82 Å². The summed E-state index contributed by atoms with van der Waals surface area (Å²) in [5.41, 5.74) is -0.326. The Balaban J connectivity index is 2.26. The Labute approximate surface area is 102 Å². The third-order valence-electron chi connectivity index (χ3n) is 3.22. The minimum atomic E-state index is -0.771. The van der Waals surface area contributed by atoms with Gasteiger partial charge in [0.25, 0.3) is 0 Å². The topological polar surface area (TPSA) is 57.1 Å². The van der Waals surface area contributed by atoms with Crippen LogP contribution in [0.2, 0.25) is 0 Å². The zero-order chi connectivity index (χ0) is 12.8. The molecule has 1 aromatic rings. The number of ether oxygens (including phenoxy) is 3. The van der Waals surface area contributed by atoms with E-state index in [0.29, 0.717) is 29.9 Å². The molecule has 5 nitrogen and oxygen atoms in total. The van der Waals surface area contributed by atoms with E-state index in [1.165, 1.54) is 19.3 Å². The number of aliphatic imine (C=N–C) groups is 1. The molecule has 2 aliphatic rings.